The van der Waals surface area contributed by atoms with Crippen molar-refractivity contribution in [2.75, 3.05) is 32.6 Å². The molecule has 1 atom stereocenters. The number of likely N-dealkylation sites (tertiary alicyclic amines) is 1. The van der Waals surface area contributed by atoms with Gasteiger partial charge >= 0.3 is 6.03 Å². The lowest BCUT2D eigenvalue weighted by Crippen LogP contribution is -2.33. The molecule has 1 saturated heterocycles. The molecule has 1 fully saturated rings. The van der Waals surface area contributed by atoms with Gasteiger partial charge in [0.25, 0.3) is 0 Å². The number of carbonyl (C=O) groups is 1. The molecule has 6 heteroatoms. The van der Waals surface area contributed by atoms with Gasteiger partial charge in [0.2, 0.25) is 0 Å². The lowest BCUT2D eigenvalue weighted by atomic mass is 10.00. The zero-order valence-electron chi connectivity index (χ0n) is 13.5. The lowest BCUT2D eigenvalue weighted by Gasteiger charge is -2.20. The molecular formula is C16H24N2O4. The second-order valence-corrected chi connectivity index (χ2v) is 5.77. The highest BCUT2D eigenvalue weighted by atomic mass is 16.5. The number of urea groups is 1. The van der Waals surface area contributed by atoms with E-state index in [4.69, 9.17) is 9.47 Å². The molecule has 2 amide bonds. The molecule has 1 aromatic carbocycles. The number of aliphatic hydroxyl groups excluding tert-OH is 1. The summed E-state index contributed by atoms with van der Waals surface area (Å²) in [5, 5.41) is 12.4. The number of β-amino-alcohol motifs (C(OH)–C–C–N with tert-alkyl or cyclic N) is 1. The first-order chi connectivity index (χ1) is 10.5. The van der Waals surface area contributed by atoms with Crippen LogP contribution in [0.15, 0.2) is 12.1 Å². The molecule has 1 unspecified atom stereocenters. The summed E-state index contributed by atoms with van der Waals surface area (Å²) in [6.07, 6.45) is 0.185. The summed E-state index contributed by atoms with van der Waals surface area (Å²) < 4.78 is 10.9. The van der Waals surface area contributed by atoms with Crippen LogP contribution in [0.2, 0.25) is 0 Å². The second kappa shape index (κ2) is 6.87. The third-order valence-corrected chi connectivity index (χ3v) is 3.82. The third kappa shape index (κ3) is 3.44. The smallest absolute Gasteiger partial charge is 0.321 e. The number of carbonyl (C=O) groups excluding carboxylic acids is 1. The summed E-state index contributed by atoms with van der Waals surface area (Å²) in [5.74, 6) is 1.61. The van der Waals surface area contributed by atoms with Gasteiger partial charge in [-0.05, 0) is 12.3 Å². The number of aliphatic hydroxyl groups is 1. The van der Waals surface area contributed by atoms with E-state index in [0.29, 0.717) is 36.7 Å². The van der Waals surface area contributed by atoms with Crippen LogP contribution in [0.5, 0.6) is 11.5 Å². The molecule has 1 heterocycles. The molecule has 1 aromatic rings. The van der Waals surface area contributed by atoms with E-state index in [1.54, 1.807) is 31.3 Å². The van der Waals surface area contributed by atoms with Crippen LogP contribution < -0.4 is 14.8 Å². The summed E-state index contributed by atoms with van der Waals surface area (Å²) in [6.45, 7) is 5.05. The van der Waals surface area contributed by atoms with Gasteiger partial charge in [0.15, 0.2) is 0 Å². The molecule has 2 rings (SSSR count). The molecule has 0 aliphatic carbocycles. The molecule has 1 aliphatic rings. The molecule has 0 spiro atoms. The Morgan fingerprint density at radius 3 is 2.32 bits per heavy atom. The number of nitrogens with one attached hydrogen (secondary N) is 1. The molecule has 1 aliphatic heterocycles. The SMILES string of the molecule is COc1cc(NC(=O)N2CCC(O)C2)cc(OC)c1C(C)C. The second-order valence-electron chi connectivity index (χ2n) is 5.77. The fraction of sp³-hybridized carbons (Fsp3) is 0.562. The Balaban J connectivity index is 2.22. The molecule has 0 aromatic heterocycles. The third-order valence-electron chi connectivity index (χ3n) is 3.82. The molecular weight excluding hydrogens is 284 g/mol. The first-order valence-electron chi connectivity index (χ1n) is 7.46. The Morgan fingerprint density at radius 1 is 1.32 bits per heavy atom. The Hall–Kier alpha value is -1.95. The average molecular weight is 308 g/mol. The average Bonchev–Trinajstić information content (AvgIpc) is 2.92. The van der Waals surface area contributed by atoms with E-state index in [0.717, 1.165) is 5.56 Å². The number of methoxy groups -OCH3 is 2. The highest BCUT2D eigenvalue weighted by Crippen LogP contribution is 2.38. The minimum absolute atomic E-state index is 0.224. The Morgan fingerprint density at radius 2 is 1.91 bits per heavy atom. The summed E-state index contributed by atoms with van der Waals surface area (Å²) in [4.78, 5) is 13.8. The van der Waals surface area contributed by atoms with Crippen LogP contribution in [0.25, 0.3) is 0 Å². The maximum atomic E-state index is 12.2. The number of anilines is 1. The van der Waals surface area contributed by atoms with Gasteiger partial charge < -0.3 is 24.8 Å². The maximum Gasteiger partial charge on any atom is 0.321 e. The number of rotatable bonds is 4. The Bertz CT molecular complexity index is 520. The van der Waals surface area contributed by atoms with E-state index in [1.807, 2.05) is 0 Å². The Kier molecular flexibility index (Phi) is 5.13. The van der Waals surface area contributed by atoms with Crippen LogP contribution in [0.1, 0.15) is 31.7 Å². The van der Waals surface area contributed by atoms with Gasteiger partial charge in [-0.25, -0.2) is 4.79 Å². The minimum atomic E-state index is -0.432. The molecule has 6 nitrogen and oxygen atoms in total. The van der Waals surface area contributed by atoms with Crippen molar-refractivity contribution in [1.29, 1.82) is 0 Å². The van der Waals surface area contributed by atoms with E-state index in [-0.39, 0.29) is 11.9 Å². The largest absolute Gasteiger partial charge is 0.496 e. The monoisotopic (exact) mass is 308 g/mol. The van der Waals surface area contributed by atoms with Gasteiger partial charge in [-0.3, -0.25) is 0 Å². The molecule has 122 valence electrons. The van der Waals surface area contributed by atoms with Crippen molar-refractivity contribution in [3.05, 3.63) is 17.7 Å². The summed E-state index contributed by atoms with van der Waals surface area (Å²) >= 11 is 0. The normalized spacial score (nSPS) is 17.7. The molecule has 22 heavy (non-hydrogen) atoms. The maximum absolute atomic E-state index is 12.2. The van der Waals surface area contributed by atoms with Crippen LogP contribution in [0.3, 0.4) is 0 Å². The fourth-order valence-corrected chi connectivity index (χ4v) is 2.71. The fourth-order valence-electron chi connectivity index (χ4n) is 2.71. The predicted molar refractivity (Wildman–Crippen MR) is 84.9 cm³/mol. The van der Waals surface area contributed by atoms with Gasteiger partial charge in [-0.1, -0.05) is 13.8 Å². The summed E-state index contributed by atoms with van der Waals surface area (Å²) in [5.41, 5.74) is 1.59. The van der Waals surface area contributed by atoms with E-state index >= 15 is 0 Å². The van der Waals surface area contributed by atoms with Gasteiger partial charge in [0.1, 0.15) is 11.5 Å². The number of ether oxygens (including phenoxy) is 2. The Labute approximate surface area is 131 Å². The van der Waals surface area contributed by atoms with Gasteiger partial charge in [0, 0.05) is 36.5 Å². The number of nitrogens with zero attached hydrogens (tertiary/aromatic N) is 1. The van der Waals surface area contributed by atoms with E-state index in [2.05, 4.69) is 19.2 Å². The van der Waals surface area contributed by atoms with Crippen molar-refractivity contribution in [3.63, 3.8) is 0 Å². The zero-order chi connectivity index (χ0) is 16.3. The van der Waals surface area contributed by atoms with Gasteiger partial charge in [-0.2, -0.15) is 0 Å². The highest BCUT2D eigenvalue weighted by Gasteiger charge is 2.25. The van der Waals surface area contributed by atoms with Crippen LogP contribution in [0.4, 0.5) is 10.5 Å². The molecule has 0 saturated carbocycles. The van der Waals surface area contributed by atoms with E-state index in [9.17, 15) is 9.90 Å². The van der Waals surface area contributed by atoms with Crippen molar-refractivity contribution < 1.29 is 19.4 Å². The van der Waals surface area contributed by atoms with Crippen molar-refractivity contribution in [1.82, 2.24) is 4.90 Å². The van der Waals surface area contributed by atoms with Crippen molar-refractivity contribution in [2.24, 2.45) is 0 Å². The van der Waals surface area contributed by atoms with Crippen molar-refractivity contribution in [2.45, 2.75) is 32.3 Å². The van der Waals surface area contributed by atoms with Crippen LogP contribution in [-0.2, 0) is 0 Å². The minimum Gasteiger partial charge on any atom is -0.496 e. The van der Waals surface area contributed by atoms with Crippen LogP contribution >= 0.6 is 0 Å². The number of amides is 2. The lowest BCUT2D eigenvalue weighted by molar-refractivity contribution is 0.176. The van der Waals surface area contributed by atoms with Crippen molar-refractivity contribution in [3.8, 4) is 11.5 Å². The number of benzene rings is 1. The van der Waals surface area contributed by atoms with Gasteiger partial charge in [0.05, 0.1) is 20.3 Å². The summed E-state index contributed by atoms with van der Waals surface area (Å²) in [7, 11) is 3.20. The van der Waals surface area contributed by atoms with E-state index in [1.165, 1.54) is 0 Å². The molecule has 0 bridgehead atoms. The predicted octanol–water partition coefficient (Wildman–Crippen LogP) is 2.43. The first-order valence-corrected chi connectivity index (χ1v) is 7.46. The molecule has 2 N–H and O–H groups in total. The first kappa shape index (κ1) is 16.4. The number of hydrogen-bond acceptors (Lipinski definition) is 4. The van der Waals surface area contributed by atoms with Crippen LogP contribution in [0, 0.1) is 0 Å². The topological polar surface area (TPSA) is 71.0 Å². The number of hydrogen-bond donors (Lipinski definition) is 2. The molecule has 0 radical (unpaired) electrons. The quantitative estimate of drug-likeness (QED) is 0.896. The van der Waals surface area contributed by atoms with Gasteiger partial charge in [-0.15, -0.1) is 0 Å². The standard InChI is InChI=1S/C16H24N2O4/c1-10(2)15-13(21-3)7-11(8-14(15)22-4)17-16(20)18-6-5-12(19)9-18/h7-8,10,12,19H,5-6,9H2,1-4H3,(H,17,20). The zero-order valence-corrected chi connectivity index (χ0v) is 13.5. The summed E-state index contributed by atoms with van der Waals surface area (Å²) in [6, 6.07) is 3.36. The van der Waals surface area contributed by atoms with E-state index < -0.39 is 6.10 Å². The highest BCUT2D eigenvalue weighted by molar-refractivity contribution is 5.90. The van der Waals surface area contributed by atoms with Crippen molar-refractivity contribution >= 4 is 11.7 Å². The van der Waals surface area contributed by atoms with Crippen LogP contribution in [-0.4, -0.2) is 49.5 Å².